The van der Waals surface area contributed by atoms with Crippen molar-refractivity contribution in [3.8, 4) is 0 Å². The summed E-state index contributed by atoms with van der Waals surface area (Å²) < 4.78 is 2.59. The highest BCUT2D eigenvalue weighted by atomic mass is 32.2. The number of tetrazole rings is 1. The van der Waals surface area contributed by atoms with E-state index < -0.39 is 0 Å². The van der Waals surface area contributed by atoms with Crippen molar-refractivity contribution in [3.05, 3.63) is 27.6 Å². The molecule has 0 aliphatic heterocycles. The van der Waals surface area contributed by atoms with Gasteiger partial charge < -0.3 is 4.98 Å². The van der Waals surface area contributed by atoms with Gasteiger partial charge in [0.1, 0.15) is 10.5 Å². The molecule has 3 heterocycles. The lowest BCUT2D eigenvalue weighted by atomic mass is 10.3. The summed E-state index contributed by atoms with van der Waals surface area (Å²) in [5.74, 6) is 1.20. The molecule has 0 unspecified atom stereocenters. The standard InChI is InChI=1S/C13H14N6OS2/c20-12-11-9(5-6-21-11)14-10(15-12)7-22-13-16-17-18-19(13)8-3-1-2-4-8/h5-6,8H,1-4,7H2,(H,14,15,20). The highest BCUT2D eigenvalue weighted by Gasteiger charge is 2.21. The van der Waals surface area contributed by atoms with E-state index in [1.807, 2.05) is 16.1 Å². The highest BCUT2D eigenvalue weighted by Crippen LogP contribution is 2.32. The number of aromatic amines is 1. The van der Waals surface area contributed by atoms with Crippen LogP contribution in [0.15, 0.2) is 21.4 Å². The number of fused-ring (bicyclic) bond motifs is 1. The van der Waals surface area contributed by atoms with Crippen LogP contribution >= 0.6 is 23.1 Å². The average molecular weight is 334 g/mol. The number of hydrogen-bond acceptors (Lipinski definition) is 7. The molecule has 3 aromatic heterocycles. The Kier molecular flexibility index (Phi) is 3.67. The monoisotopic (exact) mass is 334 g/mol. The molecule has 0 amide bonds. The van der Waals surface area contributed by atoms with E-state index in [0.29, 0.717) is 22.3 Å². The molecule has 4 rings (SSSR count). The van der Waals surface area contributed by atoms with Crippen LogP contribution in [-0.2, 0) is 5.75 Å². The van der Waals surface area contributed by atoms with Gasteiger partial charge in [-0.3, -0.25) is 4.79 Å². The Morgan fingerprint density at radius 1 is 1.41 bits per heavy atom. The van der Waals surface area contributed by atoms with Gasteiger partial charge in [0, 0.05) is 0 Å². The Labute approximate surface area is 134 Å². The fraction of sp³-hybridized carbons (Fsp3) is 0.462. The molecule has 22 heavy (non-hydrogen) atoms. The molecule has 1 saturated carbocycles. The fourth-order valence-electron chi connectivity index (χ4n) is 2.78. The van der Waals surface area contributed by atoms with Gasteiger partial charge in [-0.1, -0.05) is 24.6 Å². The lowest BCUT2D eigenvalue weighted by Crippen LogP contribution is -2.11. The third-order valence-corrected chi connectivity index (χ3v) is 5.68. The number of rotatable bonds is 4. The Morgan fingerprint density at radius 2 is 2.27 bits per heavy atom. The van der Waals surface area contributed by atoms with E-state index in [0.717, 1.165) is 23.5 Å². The molecule has 114 valence electrons. The van der Waals surface area contributed by atoms with Crippen molar-refractivity contribution >= 4 is 33.3 Å². The molecule has 1 aliphatic rings. The minimum Gasteiger partial charge on any atom is -0.309 e. The van der Waals surface area contributed by atoms with E-state index in [1.165, 1.54) is 35.9 Å². The SMILES string of the molecule is O=c1[nH]c(CSc2nnnn2C2CCCC2)nc2ccsc12. The number of hydrogen-bond donors (Lipinski definition) is 1. The summed E-state index contributed by atoms with van der Waals surface area (Å²) in [6, 6.07) is 2.27. The lowest BCUT2D eigenvalue weighted by molar-refractivity contribution is 0.423. The second-order valence-corrected chi connectivity index (χ2v) is 7.14. The van der Waals surface area contributed by atoms with Gasteiger partial charge in [0.05, 0.1) is 17.3 Å². The van der Waals surface area contributed by atoms with Gasteiger partial charge in [0.15, 0.2) is 0 Å². The van der Waals surface area contributed by atoms with Crippen LogP contribution < -0.4 is 5.56 Å². The number of aromatic nitrogens is 6. The normalized spacial score (nSPS) is 15.8. The van der Waals surface area contributed by atoms with Crippen LogP contribution in [0.4, 0.5) is 0 Å². The first kappa shape index (κ1) is 13.9. The van der Waals surface area contributed by atoms with Gasteiger partial charge >= 0.3 is 0 Å². The molecule has 1 aliphatic carbocycles. The molecule has 0 saturated heterocycles. The third-order valence-electron chi connectivity index (χ3n) is 3.84. The van der Waals surface area contributed by atoms with Crippen LogP contribution in [0.3, 0.4) is 0 Å². The quantitative estimate of drug-likeness (QED) is 0.737. The smallest absolute Gasteiger partial charge is 0.268 e. The zero-order valence-electron chi connectivity index (χ0n) is 11.7. The summed E-state index contributed by atoms with van der Waals surface area (Å²) in [5.41, 5.74) is 0.672. The van der Waals surface area contributed by atoms with Crippen LogP contribution in [0.1, 0.15) is 37.5 Å². The van der Waals surface area contributed by atoms with Crippen LogP contribution in [0.2, 0.25) is 0 Å². The zero-order valence-corrected chi connectivity index (χ0v) is 13.4. The highest BCUT2D eigenvalue weighted by molar-refractivity contribution is 7.98. The molecule has 0 aromatic carbocycles. The second kappa shape index (κ2) is 5.81. The van der Waals surface area contributed by atoms with Crippen LogP contribution in [0.5, 0.6) is 0 Å². The molecule has 9 heteroatoms. The van der Waals surface area contributed by atoms with Crippen LogP contribution in [0, 0.1) is 0 Å². The second-order valence-electron chi connectivity index (χ2n) is 5.28. The molecule has 1 fully saturated rings. The van der Waals surface area contributed by atoms with E-state index in [-0.39, 0.29) is 5.56 Å². The summed E-state index contributed by atoms with van der Waals surface area (Å²) in [6.45, 7) is 0. The Hall–Kier alpha value is -1.74. The van der Waals surface area contributed by atoms with E-state index in [4.69, 9.17) is 0 Å². The predicted octanol–water partition coefficient (Wildman–Crippen LogP) is 2.38. The van der Waals surface area contributed by atoms with E-state index >= 15 is 0 Å². The Balaban J connectivity index is 1.54. The molecular formula is C13H14N6OS2. The topological polar surface area (TPSA) is 89.4 Å². The maximum atomic E-state index is 12.0. The number of thioether (sulfide) groups is 1. The van der Waals surface area contributed by atoms with Gasteiger partial charge in [0.25, 0.3) is 5.56 Å². The summed E-state index contributed by atoms with van der Waals surface area (Å²) in [7, 11) is 0. The van der Waals surface area contributed by atoms with Crippen LogP contribution in [0.25, 0.3) is 10.2 Å². The molecule has 0 radical (unpaired) electrons. The minimum absolute atomic E-state index is 0.0778. The minimum atomic E-state index is -0.0778. The molecule has 7 nitrogen and oxygen atoms in total. The summed E-state index contributed by atoms with van der Waals surface area (Å²) in [6.07, 6.45) is 4.74. The van der Waals surface area contributed by atoms with Gasteiger partial charge in [-0.15, -0.1) is 16.4 Å². The largest absolute Gasteiger partial charge is 0.309 e. The molecule has 0 spiro atoms. The average Bonchev–Trinajstić information content (AvgIpc) is 3.24. The van der Waals surface area contributed by atoms with Crippen molar-refractivity contribution in [2.24, 2.45) is 0 Å². The summed E-state index contributed by atoms with van der Waals surface area (Å²) >= 11 is 2.92. The van der Waals surface area contributed by atoms with Crippen molar-refractivity contribution in [2.45, 2.75) is 42.6 Å². The van der Waals surface area contributed by atoms with Crippen molar-refractivity contribution < 1.29 is 0 Å². The molecule has 1 N–H and O–H groups in total. The van der Waals surface area contributed by atoms with Gasteiger partial charge in [-0.2, -0.15) is 0 Å². The molecule has 0 bridgehead atoms. The summed E-state index contributed by atoms with van der Waals surface area (Å²) in [4.78, 5) is 19.3. The van der Waals surface area contributed by atoms with Crippen molar-refractivity contribution in [1.82, 2.24) is 30.2 Å². The first-order chi connectivity index (χ1) is 10.8. The van der Waals surface area contributed by atoms with Crippen molar-refractivity contribution in [2.75, 3.05) is 0 Å². The summed E-state index contributed by atoms with van der Waals surface area (Å²) in [5, 5.41) is 14.7. The van der Waals surface area contributed by atoms with Gasteiger partial charge in [0.2, 0.25) is 5.16 Å². The fourth-order valence-corrected chi connectivity index (χ4v) is 4.32. The Bertz CT molecular complexity index is 847. The van der Waals surface area contributed by atoms with Gasteiger partial charge in [-0.05, 0) is 34.7 Å². The number of H-pyrrole nitrogens is 1. The van der Waals surface area contributed by atoms with E-state index in [2.05, 4.69) is 25.5 Å². The third kappa shape index (κ3) is 2.54. The van der Waals surface area contributed by atoms with Gasteiger partial charge in [-0.25, -0.2) is 9.67 Å². The molecule has 0 atom stereocenters. The molecule has 3 aromatic rings. The van der Waals surface area contributed by atoms with Crippen molar-refractivity contribution in [3.63, 3.8) is 0 Å². The predicted molar refractivity (Wildman–Crippen MR) is 85.1 cm³/mol. The Morgan fingerprint density at radius 3 is 3.14 bits per heavy atom. The van der Waals surface area contributed by atoms with Crippen LogP contribution in [-0.4, -0.2) is 30.2 Å². The first-order valence-corrected chi connectivity index (χ1v) is 9.05. The van der Waals surface area contributed by atoms with Crippen molar-refractivity contribution in [1.29, 1.82) is 0 Å². The maximum absolute atomic E-state index is 12.0. The lowest BCUT2D eigenvalue weighted by Gasteiger charge is -2.10. The number of thiophene rings is 1. The van der Waals surface area contributed by atoms with E-state index in [9.17, 15) is 4.79 Å². The zero-order chi connectivity index (χ0) is 14.9. The number of nitrogens with one attached hydrogen (secondary N) is 1. The number of nitrogens with zero attached hydrogens (tertiary/aromatic N) is 5. The van der Waals surface area contributed by atoms with E-state index in [1.54, 1.807) is 0 Å². The first-order valence-electron chi connectivity index (χ1n) is 7.18. The maximum Gasteiger partial charge on any atom is 0.268 e. The molecular weight excluding hydrogens is 320 g/mol.